The molecule has 1 N–H and O–H groups in total. The van der Waals surface area contributed by atoms with E-state index < -0.39 is 10.0 Å². The number of hydrogen-bond donors (Lipinski definition) is 1. The molecule has 1 aliphatic heterocycles. The molecule has 1 aromatic heterocycles. The van der Waals surface area contributed by atoms with Crippen molar-refractivity contribution in [2.75, 3.05) is 20.7 Å². The van der Waals surface area contributed by atoms with E-state index >= 15 is 0 Å². The largest absolute Gasteiger partial charge is 0.495 e. The van der Waals surface area contributed by atoms with Crippen LogP contribution >= 0.6 is 11.3 Å². The fourth-order valence-electron chi connectivity index (χ4n) is 3.19. The zero-order valence-corrected chi connectivity index (χ0v) is 16.8. The van der Waals surface area contributed by atoms with Gasteiger partial charge in [0.1, 0.15) is 10.6 Å². The molecule has 0 aliphatic carbocycles. The van der Waals surface area contributed by atoms with Crippen LogP contribution in [0.15, 0.2) is 46.7 Å². The molecule has 1 aliphatic rings. The van der Waals surface area contributed by atoms with Gasteiger partial charge in [-0.2, -0.15) is 0 Å². The van der Waals surface area contributed by atoms with Crippen LogP contribution in [0.25, 0.3) is 6.08 Å². The lowest BCUT2D eigenvalue weighted by Gasteiger charge is -2.22. The molecule has 1 saturated heterocycles. The molecule has 2 heterocycles. The Hall–Kier alpha value is -2.16. The van der Waals surface area contributed by atoms with Gasteiger partial charge in [0.05, 0.1) is 13.2 Å². The third-order valence-electron chi connectivity index (χ3n) is 4.57. The first kappa shape index (κ1) is 19.6. The number of rotatable bonds is 6. The highest BCUT2D eigenvalue weighted by molar-refractivity contribution is 7.89. The topological polar surface area (TPSA) is 75.7 Å². The predicted molar refractivity (Wildman–Crippen MR) is 106 cm³/mol. The average Bonchev–Trinajstić information content (AvgIpc) is 3.36. The molecule has 27 heavy (non-hydrogen) atoms. The van der Waals surface area contributed by atoms with Gasteiger partial charge in [-0.3, -0.25) is 4.79 Å². The SMILES string of the molecule is CNS(=O)(=O)c1cc(/C=C/C(=O)N2CCCC2c2cccs2)ccc1OC. The summed E-state index contributed by atoms with van der Waals surface area (Å²) in [5.41, 5.74) is 0.616. The lowest BCUT2D eigenvalue weighted by molar-refractivity contribution is -0.126. The summed E-state index contributed by atoms with van der Waals surface area (Å²) >= 11 is 1.66. The number of hydrogen-bond acceptors (Lipinski definition) is 5. The summed E-state index contributed by atoms with van der Waals surface area (Å²) in [4.78, 5) is 15.8. The number of benzene rings is 1. The smallest absolute Gasteiger partial charge is 0.247 e. The van der Waals surface area contributed by atoms with Crippen LogP contribution in [-0.4, -0.2) is 39.9 Å². The molecular weight excluding hydrogens is 384 g/mol. The Kier molecular flexibility index (Phi) is 5.98. The summed E-state index contributed by atoms with van der Waals surface area (Å²) in [6, 6.07) is 8.98. The van der Waals surface area contributed by atoms with Crippen LogP contribution in [0.3, 0.4) is 0 Å². The van der Waals surface area contributed by atoms with Crippen molar-refractivity contribution in [2.45, 2.75) is 23.8 Å². The Morgan fingerprint density at radius 1 is 1.37 bits per heavy atom. The highest BCUT2D eigenvalue weighted by atomic mass is 32.2. The Morgan fingerprint density at radius 2 is 2.19 bits per heavy atom. The van der Waals surface area contributed by atoms with Crippen molar-refractivity contribution >= 4 is 33.3 Å². The molecule has 2 aromatic rings. The van der Waals surface area contributed by atoms with Crippen molar-refractivity contribution in [1.29, 1.82) is 0 Å². The van der Waals surface area contributed by atoms with Crippen LogP contribution in [-0.2, 0) is 14.8 Å². The molecule has 3 rings (SSSR count). The van der Waals surface area contributed by atoms with Crippen LogP contribution in [0.4, 0.5) is 0 Å². The summed E-state index contributed by atoms with van der Waals surface area (Å²) in [5.74, 6) is 0.185. The zero-order chi connectivity index (χ0) is 19.4. The van der Waals surface area contributed by atoms with Crippen molar-refractivity contribution < 1.29 is 17.9 Å². The van der Waals surface area contributed by atoms with E-state index in [0.29, 0.717) is 5.56 Å². The Labute approximate surface area is 163 Å². The fraction of sp³-hybridized carbons (Fsp3) is 0.316. The minimum Gasteiger partial charge on any atom is -0.495 e. The van der Waals surface area contributed by atoms with Crippen molar-refractivity contribution in [3.05, 3.63) is 52.2 Å². The van der Waals surface area contributed by atoms with E-state index in [2.05, 4.69) is 10.8 Å². The fourth-order valence-corrected chi connectivity index (χ4v) is 4.99. The van der Waals surface area contributed by atoms with Crippen molar-refractivity contribution in [2.24, 2.45) is 0 Å². The quantitative estimate of drug-likeness (QED) is 0.748. The molecule has 0 bridgehead atoms. The average molecular weight is 407 g/mol. The number of ether oxygens (including phenoxy) is 1. The summed E-state index contributed by atoms with van der Waals surface area (Å²) in [6.45, 7) is 0.730. The molecule has 0 saturated carbocycles. The number of carbonyl (C=O) groups is 1. The highest BCUT2D eigenvalue weighted by Crippen LogP contribution is 2.34. The highest BCUT2D eigenvalue weighted by Gasteiger charge is 2.29. The first-order chi connectivity index (χ1) is 13.0. The van der Waals surface area contributed by atoms with Gasteiger partial charge in [0.15, 0.2) is 0 Å². The number of carbonyl (C=O) groups excluding carboxylic acids is 1. The summed E-state index contributed by atoms with van der Waals surface area (Å²) < 4.78 is 31.7. The second-order valence-corrected chi connectivity index (χ2v) is 8.99. The Balaban J connectivity index is 1.81. The first-order valence-electron chi connectivity index (χ1n) is 8.60. The number of methoxy groups -OCH3 is 1. The standard InChI is InChI=1S/C19H22N2O4S2/c1-20-27(23,24)18-13-14(7-9-16(18)25-2)8-10-19(22)21-11-3-5-15(21)17-6-4-12-26-17/h4,6-10,12-13,15,20H,3,5,11H2,1-2H3/b10-8+. The van der Waals surface area contributed by atoms with Crippen molar-refractivity contribution in [1.82, 2.24) is 9.62 Å². The van der Waals surface area contributed by atoms with E-state index in [1.54, 1.807) is 29.5 Å². The van der Waals surface area contributed by atoms with Gasteiger partial charge in [-0.1, -0.05) is 12.1 Å². The van der Waals surface area contributed by atoms with Gasteiger partial charge in [0, 0.05) is 17.5 Å². The summed E-state index contributed by atoms with van der Waals surface area (Å²) in [5, 5.41) is 2.02. The van der Waals surface area contributed by atoms with Crippen LogP contribution < -0.4 is 9.46 Å². The zero-order valence-electron chi connectivity index (χ0n) is 15.2. The Morgan fingerprint density at radius 3 is 2.85 bits per heavy atom. The number of likely N-dealkylation sites (tertiary alicyclic amines) is 1. The minimum absolute atomic E-state index is 0.0414. The molecule has 1 amide bonds. The predicted octanol–water partition coefficient (Wildman–Crippen LogP) is 3.04. The van der Waals surface area contributed by atoms with Crippen LogP contribution in [0, 0.1) is 0 Å². The maximum Gasteiger partial charge on any atom is 0.247 e. The molecule has 0 spiro atoms. The van der Waals surface area contributed by atoms with Crippen LogP contribution in [0.1, 0.15) is 29.3 Å². The van der Waals surface area contributed by atoms with Gasteiger partial charge in [0.2, 0.25) is 15.9 Å². The molecular formula is C19H22N2O4S2. The van der Waals surface area contributed by atoms with Gasteiger partial charge < -0.3 is 9.64 Å². The number of sulfonamides is 1. The summed E-state index contributed by atoms with van der Waals surface area (Å²) in [6.07, 6.45) is 5.09. The van der Waals surface area contributed by atoms with Crippen LogP contribution in [0.2, 0.25) is 0 Å². The molecule has 8 heteroatoms. The van der Waals surface area contributed by atoms with Gasteiger partial charge in [-0.05, 0) is 55.1 Å². The molecule has 144 valence electrons. The normalized spacial score (nSPS) is 17.6. The van der Waals surface area contributed by atoms with Gasteiger partial charge in [0.25, 0.3) is 0 Å². The molecule has 0 radical (unpaired) electrons. The third-order valence-corrected chi connectivity index (χ3v) is 6.98. The van der Waals surface area contributed by atoms with Crippen molar-refractivity contribution in [3.8, 4) is 5.75 Å². The molecule has 1 atom stereocenters. The molecule has 1 fully saturated rings. The maximum absolute atomic E-state index is 12.7. The second kappa shape index (κ2) is 8.24. The number of amides is 1. The van der Waals surface area contributed by atoms with Gasteiger partial charge in [-0.15, -0.1) is 11.3 Å². The number of nitrogens with zero attached hydrogens (tertiary/aromatic N) is 1. The molecule has 1 unspecified atom stereocenters. The third kappa shape index (κ3) is 4.23. The van der Waals surface area contributed by atoms with E-state index in [0.717, 1.165) is 19.4 Å². The van der Waals surface area contributed by atoms with E-state index in [9.17, 15) is 13.2 Å². The van der Waals surface area contributed by atoms with E-state index in [1.165, 1.54) is 31.2 Å². The van der Waals surface area contributed by atoms with Crippen molar-refractivity contribution in [3.63, 3.8) is 0 Å². The maximum atomic E-state index is 12.7. The summed E-state index contributed by atoms with van der Waals surface area (Å²) in [7, 11) is -0.895. The lowest BCUT2D eigenvalue weighted by Crippen LogP contribution is -2.28. The van der Waals surface area contributed by atoms with E-state index in [1.807, 2.05) is 16.3 Å². The molecule has 6 nitrogen and oxygen atoms in total. The Bertz CT molecular complexity index is 937. The van der Waals surface area contributed by atoms with E-state index in [-0.39, 0.29) is 22.6 Å². The first-order valence-corrected chi connectivity index (χ1v) is 11.0. The van der Waals surface area contributed by atoms with Gasteiger partial charge in [-0.25, -0.2) is 13.1 Å². The van der Waals surface area contributed by atoms with Crippen LogP contribution in [0.5, 0.6) is 5.75 Å². The molecule has 1 aromatic carbocycles. The number of thiophene rings is 1. The number of nitrogens with one attached hydrogen (secondary N) is 1. The van der Waals surface area contributed by atoms with E-state index in [4.69, 9.17) is 4.74 Å². The monoisotopic (exact) mass is 406 g/mol. The second-order valence-electron chi connectivity index (χ2n) is 6.16. The van der Waals surface area contributed by atoms with Gasteiger partial charge >= 0.3 is 0 Å². The minimum atomic E-state index is -3.66. The lowest BCUT2D eigenvalue weighted by atomic mass is 10.1.